The SMILES string of the molecule is Cc1[cH-]c2c(C)cccc2c1C.[Cl][Ti][Cl]. The van der Waals surface area contributed by atoms with E-state index in [-0.39, 0.29) is 0 Å². The van der Waals surface area contributed by atoms with Crippen LogP contribution in [0.1, 0.15) is 16.7 Å². The Hall–Kier alpha value is 0.124. The van der Waals surface area contributed by atoms with Crippen molar-refractivity contribution in [1.82, 2.24) is 0 Å². The van der Waals surface area contributed by atoms with E-state index >= 15 is 0 Å². The number of benzene rings is 1. The molecule has 0 amide bonds. The van der Waals surface area contributed by atoms with E-state index in [0.29, 0.717) is 0 Å². The summed E-state index contributed by atoms with van der Waals surface area (Å²) in [6, 6.07) is 8.77. The number of rotatable bonds is 0. The van der Waals surface area contributed by atoms with Gasteiger partial charge in [-0.15, -0.1) is 40.1 Å². The zero-order valence-electron chi connectivity index (χ0n) is 9.07. The van der Waals surface area contributed by atoms with Crippen LogP contribution in [-0.4, -0.2) is 0 Å². The second-order valence-corrected chi connectivity index (χ2v) is 6.14. The summed E-state index contributed by atoms with van der Waals surface area (Å²) >= 11 is -0.556. The molecule has 0 unspecified atom stereocenters. The molecule has 15 heavy (non-hydrogen) atoms. The van der Waals surface area contributed by atoms with Gasteiger partial charge < -0.3 is 0 Å². The van der Waals surface area contributed by atoms with Crippen LogP contribution < -0.4 is 0 Å². The molecule has 0 fully saturated rings. The van der Waals surface area contributed by atoms with Crippen molar-refractivity contribution in [2.24, 2.45) is 0 Å². The van der Waals surface area contributed by atoms with Gasteiger partial charge in [0.05, 0.1) is 0 Å². The Morgan fingerprint density at radius 2 is 1.73 bits per heavy atom. The Labute approximate surface area is 108 Å². The van der Waals surface area contributed by atoms with Gasteiger partial charge in [0.2, 0.25) is 0 Å². The maximum atomic E-state index is 4.89. The van der Waals surface area contributed by atoms with Crippen LogP contribution >= 0.6 is 18.6 Å². The molecule has 0 spiro atoms. The molecule has 0 aliphatic heterocycles. The number of hydrogen-bond acceptors (Lipinski definition) is 0. The Morgan fingerprint density at radius 1 is 1.13 bits per heavy atom. The summed E-state index contributed by atoms with van der Waals surface area (Å²) in [6.07, 6.45) is 0. The zero-order chi connectivity index (χ0) is 11.4. The molecule has 0 nitrogen and oxygen atoms in total. The molecule has 0 aromatic heterocycles. The fourth-order valence-electron chi connectivity index (χ4n) is 1.74. The second kappa shape index (κ2) is 6.01. The first-order valence-electron chi connectivity index (χ1n) is 4.70. The summed E-state index contributed by atoms with van der Waals surface area (Å²) in [5.41, 5.74) is 4.21. The van der Waals surface area contributed by atoms with Gasteiger partial charge in [-0.2, -0.15) is 5.56 Å². The first-order valence-corrected chi connectivity index (χ1v) is 9.00. The molecular formula is C12H13Cl2Ti-. The van der Waals surface area contributed by atoms with E-state index < -0.39 is 17.0 Å². The van der Waals surface area contributed by atoms with Crippen molar-refractivity contribution < 1.29 is 17.0 Å². The fourth-order valence-corrected chi connectivity index (χ4v) is 1.74. The van der Waals surface area contributed by atoms with Crippen molar-refractivity contribution in [3.8, 4) is 0 Å². The topological polar surface area (TPSA) is 0 Å². The summed E-state index contributed by atoms with van der Waals surface area (Å²) in [6.45, 7) is 6.53. The van der Waals surface area contributed by atoms with Crippen molar-refractivity contribution in [1.29, 1.82) is 0 Å². The van der Waals surface area contributed by atoms with Crippen LogP contribution in [0.25, 0.3) is 10.8 Å². The fraction of sp³-hybridized carbons (Fsp3) is 0.250. The second-order valence-electron chi connectivity index (χ2n) is 3.56. The minimum absolute atomic E-state index is 0.556. The normalized spacial score (nSPS) is 9.67. The standard InChI is InChI=1S/C12H13.2ClH.Ti/c1-8-5-4-6-11-10(3)9(2)7-12(8)11;;;/h4-7H,1-3H3;2*1H;/q-1;;;+2/p-2. The Morgan fingerprint density at radius 3 is 2.27 bits per heavy atom. The van der Waals surface area contributed by atoms with Crippen LogP contribution in [0, 0.1) is 20.8 Å². The molecule has 0 heterocycles. The number of fused-ring (bicyclic) bond motifs is 1. The van der Waals surface area contributed by atoms with Crippen molar-refractivity contribution in [3.05, 3.63) is 41.0 Å². The van der Waals surface area contributed by atoms with E-state index in [0.717, 1.165) is 0 Å². The van der Waals surface area contributed by atoms with Crippen LogP contribution in [0.15, 0.2) is 24.3 Å². The molecule has 0 radical (unpaired) electrons. The molecule has 2 aromatic rings. The first-order chi connectivity index (χ1) is 7.11. The molecule has 80 valence electrons. The molecule has 0 bridgehead atoms. The van der Waals surface area contributed by atoms with Crippen LogP contribution in [0.4, 0.5) is 0 Å². The predicted octanol–water partition coefficient (Wildman–Crippen LogP) is 4.86. The van der Waals surface area contributed by atoms with E-state index in [2.05, 4.69) is 45.0 Å². The third-order valence-corrected chi connectivity index (χ3v) is 2.68. The van der Waals surface area contributed by atoms with Crippen molar-refractivity contribution in [3.63, 3.8) is 0 Å². The van der Waals surface area contributed by atoms with E-state index in [1.165, 1.54) is 27.5 Å². The molecule has 0 atom stereocenters. The summed E-state index contributed by atoms with van der Waals surface area (Å²) in [7, 11) is 9.78. The van der Waals surface area contributed by atoms with Crippen molar-refractivity contribution >= 4 is 29.4 Å². The van der Waals surface area contributed by atoms with E-state index in [4.69, 9.17) is 18.6 Å². The van der Waals surface area contributed by atoms with Gasteiger partial charge in [0, 0.05) is 0 Å². The first kappa shape index (κ1) is 13.2. The molecular weight excluding hydrogens is 263 g/mol. The average Bonchev–Trinajstić information content (AvgIpc) is 2.48. The van der Waals surface area contributed by atoms with Gasteiger partial charge in [-0.25, -0.2) is 0 Å². The van der Waals surface area contributed by atoms with Gasteiger partial charge in [-0.1, -0.05) is 26.8 Å². The van der Waals surface area contributed by atoms with Crippen LogP contribution in [0.5, 0.6) is 0 Å². The van der Waals surface area contributed by atoms with Crippen LogP contribution in [0.3, 0.4) is 0 Å². The Kier molecular flexibility index (Phi) is 5.28. The number of halogens is 2. The van der Waals surface area contributed by atoms with E-state index in [1.807, 2.05) is 0 Å². The van der Waals surface area contributed by atoms with Crippen LogP contribution in [0.2, 0.25) is 0 Å². The summed E-state index contributed by atoms with van der Waals surface area (Å²) in [5, 5.41) is 2.82. The molecule has 0 aliphatic rings. The summed E-state index contributed by atoms with van der Waals surface area (Å²) in [5.74, 6) is 0. The Bertz CT molecular complexity index is 446. The summed E-state index contributed by atoms with van der Waals surface area (Å²) < 4.78 is 0. The third kappa shape index (κ3) is 3.04. The van der Waals surface area contributed by atoms with E-state index in [9.17, 15) is 0 Å². The third-order valence-electron chi connectivity index (χ3n) is 2.68. The van der Waals surface area contributed by atoms with Crippen molar-refractivity contribution in [2.75, 3.05) is 0 Å². The average molecular weight is 276 g/mol. The molecule has 0 N–H and O–H groups in total. The van der Waals surface area contributed by atoms with Gasteiger partial charge in [0.15, 0.2) is 0 Å². The monoisotopic (exact) mass is 275 g/mol. The minimum atomic E-state index is -0.556. The van der Waals surface area contributed by atoms with Gasteiger partial charge in [0.25, 0.3) is 0 Å². The number of aryl methyl sites for hydroxylation is 3. The van der Waals surface area contributed by atoms with Crippen molar-refractivity contribution in [2.45, 2.75) is 20.8 Å². The molecule has 2 rings (SSSR count). The number of hydrogen-bond donors (Lipinski definition) is 0. The molecule has 0 saturated heterocycles. The van der Waals surface area contributed by atoms with Gasteiger partial charge >= 0.3 is 35.6 Å². The molecule has 2 aromatic carbocycles. The summed E-state index contributed by atoms with van der Waals surface area (Å²) in [4.78, 5) is 0. The maximum absolute atomic E-state index is 4.89. The zero-order valence-corrected chi connectivity index (χ0v) is 12.1. The molecule has 3 heteroatoms. The predicted molar refractivity (Wildman–Crippen MR) is 65.5 cm³/mol. The Balaban J connectivity index is 0.000000337. The molecule has 0 aliphatic carbocycles. The van der Waals surface area contributed by atoms with Gasteiger partial charge in [-0.3, -0.25) is 0 Å². The van der Waals surface area contributed by atoms with Gasteiger partial charge in [0.1, 0.15) is 0 Å². The quantitative estimate of drug-likeness (QED) is 0.476. The van der Waals surface area contributed by atoms with E-state index in [1.54, 1.807) is 0 Å². The van der Waals surface area contributed by atoms with Gasteiger partial charge in [-0.05, 0) is 0 Å². The van der Waals surface area contributed by atoms with Crippen LogP contribution in [-0.2, 0) is 17.0 Å². The molecule has 0 saturated carbocycles.